The minimum Gasteiger partial charge on any atom is -0.387 e. The van der Waals surface area contributed by atoms with Crippen molar-refractivity contribution >= 4 is 28.5 Å². The van der Waals surface area contributed by atoms with Crippen molar-refractivity contribution in [1.29, 1.82) is 0 Å². The first-order valence-electron chi connectivity index (χ1n) is 11.1. The Hall–Kier alpha value is -3.71. The number of hydrogen-bond donors (Lipinski definition) is 3. The number of rotatable bonds is 5. The van der Waals surface area contributed by atoms with Crippen LogP contribution in [0.25, 0.3) is 28.2 Å². The molecule has 6 rings (SSSR count). The van der Waals surface area contributed by atoms with Gasteiger partial charge < -0.3 is 10.6 Å². The van der Waals surface area contributed by atoms with Gasteiger partial charge in [-0.25, -0.2) is 4.98 Å². The summed E-state index contributed by atoms with van der Waals surface area (Å²) in [5.74, 6) is 0.863. The molecule has 7 nitrogen and oxygen atoms in total. The molecule has 32 heavy (non-hydrogen) atoms. The quantitative estimate of drug-likeness (QED) is 0.440. The highest BCUT2D eigenvalue weighted by Crippen LogP contribution is 2.31. The normalized spacial score (nSPS) is 15.6. The number of pyridine rings is 2. The zero-order chi connectivity index (χ0) is 21.3. The molecule has 0 saturated carbocycles. The van der Waals surface area contributed by atoms with Gasteiger partial charge in [0, 0.05) is 47.7 Å². The maximum Gasteiger partial charge on any atom is 0.136 e. The average Bonchev–Trinajstić information content (AvgIpc) is 3.51. The number of fused-ring (bicyclic) bond motifs is 2. The summed E-state index contributed by atoms with van der Waals surface area (Å²) in [6, 6.07) is 10.6. The molecule has 0 radical (unpaired) electrons. The van der Waals surface area contributed by atoms with Gasteiger partial charge >= 0.3 is 0 Å². The summed E-state index contributed by atoms with van der Waals surface area (Å²) >= 11 is 0. The van der Waals surface area contributed by atoms with Gasteiger partial charge in [0.1, 0.15) is 5.82 Å². The molecule has 1 saturated heterocycles. The fourth-order valence-corrected chi connectivity index (χ4v) is 4.56. The zero-order valence-corrected chi connectivity index (χ0v) is 17.8. The molecule has 3 aromatic heterocycles. The van der Waals surface area contributed by atoms with Gasteiger partial charge in [-0.3, -0.25) is 15.0 Å². The van der Waals surface area contributed by atoms with Gasteiger partial charge in [-0.15, -0.1) is 0 Å². The Balaban J connectivity index is 1.36. The maximum atomic E-state index is 5.03. The molecule has 0 atom stereocenters. The lowest BCUT2D eigenvalue weighted by Gasteiger charge is -2.19. The summed E-state index contributed by atoms with van der Waals surface area (Å²) in [7, 11) is 0. The Morgan fingerprint density at radius 3 is 2.91 bits per heavy atom. The summed E-state index contributed by atoms with van der Waals surface area (Å²) in [5, 5.41) is 15.0. The van der Waals surface area contributed by atoms with E-state index < -0.39 is 0 Å². The van der Waals surface area contributed by atoms with Gasteiger partial charge in [-0.2, -0.15) is 5.10 Å². The minimum atomic E-state index is 0.739. The van der Waals surface area contributed by atoms with Crippen LogP contribution in [0.2, 0.25) is 0 Å². The Morgan fingerprint density at radius 1 is 1.03 bits per heavy atom. The Labute approximate surface area is 186 Å². The van der Waals surface area contributed by atoms with Crippen molar-refractivity contribution in [3.8, 4) is 11.3 Å². The summed E-state index contributed by atoms with van der Waals surface area (Å²) < 4.78 is 0. The first kappa shape index (κ1) is 19.0. The second kappa shape index (κ2) is 8.09. The third kappa shape index (κ3) is 3.71. The second-order valence-electron chi connectivity index (χ2n) is 8.50. The molecule has 2 aliphatic rings. The van der Waals surface area contributed by atoms with Crippen LogP contribution in [0.15, 0.2) is 55.1 Å². The smallest absolute Gasteiger partial charge is 0.136 e. The van der Waals surface area contributed by atoms with Crippen LogP contribution in [0.4, 0.5) is 11.5 Å². The lowest BCUT2D eigenvalue weighted by atomic mass is 10.0. The lowest BCUT2D eigenvalue weighted by Crippen LogP contribution is -2.18. The van der Waals surface area contributed by atoms with E-state index in [4.69, 9.17) is 4.98 Å². The molecule has 1 fully saturated rings. The van der Waals surface area contributed by atoms with Crippen LogP contribution in [0.3, 0.4) is 0 Å². The minimum absolute atomic E-state index is 0.739. The molecule has 4 aromatic rings. The van der Waals surface area contributed by atoms with Gasteiger partial charge in [0.15, 0.2) is 0 Å². The van der Waals surface area contributed by atoms with E-state index in [1.807, 2.05) is 36.9 Å². The SMILES string of the molecule is C1=Cc2cc(-c3cncc(CN4CCCC4)c3)nc(Nc3ccc4[nH]ncc4c3)c2CN1. The summed E-state index contributed by atoms with van der Waals surface area (Å²) in [4.78, 5) is 12.1. The van der Waals surface area contributed by atoms with Gasteiger partial charge in [-0.1, -0.05) is 0 Å². The maximum absolute atomic E-state index is 5.03. The van der Waals surface area contributed by atoms with E-state index in [2.05, 4.69) is 55.0 Å². The highest BCUT2D eigenvalue weighted by Gasteiger charge is 2.16. The van der Waals surface area contributed by atoms with Gasteiger partial charge in [0.2, 0.25) is 0 Å². The van der Waals surface area contributed by atoms with E-state index in [0.29, 0.717) is 0 Å². The number of nitrogens with zero attached hydrogens (tertiary/aromatic N) is 4. The number of H-pyrrole nitrogens is 1. The average molecular weight is 424 g/mol. The molecule has 0 unspecified atom stereocenters. The Kier molecular flexibility index (Phi) is 4.81. The van der Waals surface area contributed by atoms with Crippen LogP contribution in [0, 0.1) is 0 Å². The number of anilines is 2. The molecular formula is C25H25N7. The second-order valence-corrected chi connectivity index (χ2v) is 8.50. The fourth-order valence-electron chi connectivity index (χ4n) is 4.56. The molecule has 7 heteroatoms. The molecular weight excluding hydrogens is 398 g/mol. The van der Waals surface area contributed by atoms with E-state index >= 15 is 0 Å². The standard InChI is InChI=1S/C25H25N7/c1-2-8-32(7-1)16-17-9-19(13-27-12-17)24-11-18-5-6-26-15-22(18)25(30-24)29-21-3-4-23-20(10-21)14-28-31-23/h3-6,9-14,26H,1-2,7-8,15-16H2,(H,28,31)(H,29,30). The molecule has 0 aliphatic carbocycles. The number of aromatic amines is 1. The lowest BCUT2D eigenvalue weighted by molar-refractivity contribution is 0.331. The zero-order valence-electron chi connectivity index (χ0n) is 17.8. The number of likely N-dealkylation sites (tertiary alicyclic amines) is 1. The van der Waals surface area contributed by atoms with E-state index in [9.17, 15) is 0 Å². The molecule has 3 N–H and O–H groups in total. The highest BCUT2D eigenvalue weighted by atomic mass is 15.1. The van der Waals surface area contributed by atoms with Crippen molar-refractivity contribution in [3.05, 3.63) is 71.8 Å². The van der Waals surface area contributed by atoms with E-state index in [-0.39, 0.29) is 0 Å². The van der Waals surface area contributed by atoms with Crippen LogP contribution >= 0.6 is 0 Å². The van der Waals surface area contributed by atoms with Crippen molar-refractivity contribution in [2.45, 2.75) is 25.9 Å². The van der Waals surface area contributed by atoms with Crippen LogP contribution in [-0.4, -0.2) is 38.2 Å². The van der Waals surface area contributed by atoms with Crippen molar-refractivity contribution in [1.82, 2.24) is 30.4 Å². The van der Waals surface area contributed by atoms with Crippen molar-refractivity contribution in [2.75, 3.05) is 18.4 Å². The highest BCUT2D eigenvalue weighted by molar-refractivity contribution is 5.83. The molecule has 160 valence electrons. The molecule has 0 amide bonds. The molecule has 5 heterocycles. The van der Waals surface area contributed by atoms with Crippen LogP contribution < -0.4 is 10.6 Å². The number of nitrogens with one attached hydrogen (secondary N) is 3. The van der Waals surface area contributed by atoms with Crippen molar-refractivity contribution < 1.29 is 0 Å². The molecule has 2 aliphatic heterocycles. The van der Waals surface area contributed by atoms with Crippen molar-refractivity contribution in [3.63, 3.8) is 0 Å². The molecule has 1 aromatic carbocycles. The van der Waals surface area contributed by atoms with Crippen LogP contribution in [-0.2, 0) is 13.1 Å². The van der Waals surface area contributed by atoms with Crippen LogP contribution in [0.1, 0.15) is 29.5 Å². The van der Waals surface area contributed by atoms with Gasteiger partial charge in [-0.05, 0) is 79.7 Å². The van der Waals surface area contributed by atoms with E-state index in [1.54, 1.807) is 0 Å². The fraction of sp³-hybridized carbons (Fsp3) is 0.240. The predicted molar refractivity (Wildman–Crippen MR) is 127 cm³/mol. The third-order valence-electron chi connectivity index (χ3n) is 6.22. The van der Waals surface area contributed by atoms with Gasteiger partial charge in [0.05, 0.1) is 17.4 Å². The summed E-state index contributed by atoms with van der Waals surface area (Å²) in [5.41, 5.74) is 7.55. The Morgan fingerprint density at radius 2 is 1.97 bits per heavy atom. The van der Waals surface area contributed by atoms with Gasteiger partial charge in [0.25, 0.3) is 0 Å². The topological polar surface area (TPSA) is 81.8 Å². The van der Waals surface area contributed by atoms with Crippen molar-refractivity contribution in [2.24, 2.45) is 0 Å². The predicted octanol–water partition coefficient (Wildman–Crippen LogP) is 4.43. The summed E-state index contributed by atoms with van der Waals surface area (Å²) in [6.45, 7) is 4.04. The first-order valence-corrected chi connectivity index (χ1v) is 11.1. The number of benzene rings is 1. The number of hydrogen-bond acceptors (Lipinski definition) is 6. The van der Waals surface area contributed by atoms with Crippen LogP contribution in [0.5, 0.6) is 0 Å². The molecule has 0 bridgehead atoms. The third-order valence-corrected chi connectivity index (χ3v) is 6.22. The van der Waals surface area contributed by atoms with E-state index in [1.165, 1.54) is 37.1 Å². The monoisotopic (exact) mass is 423 g/mol. The largest absolute Gasteiger partial charge is 0.387 e. The first-order chi connectivity index (χ1) is 15.8. The summed E-state index contributed by atoms with van der Waals surface area (Å²) in [6.07, 6.45) is 12.4. The Bertz CT molecular complexity index is 1300. The van der Waals surface area contributed by atoms with E-state index in [0.717, 1.165) is 52.3 Å². The molecule has 0 spiro atoms. The number of aromatic nitrogens is 4.